The Morgan fingerprint density at radius 2 is 0.846 bits per heavy atom. The molecule has 0 aromatic heterocycles. The van der Waals surface area contributed by atoms with Gasteiger partial charge in [-0.05, 0) is 73.7 Å². The highest BCUT2D eigenvalue weighted by Gasteiger charge is 2.18. The molecule has 0 radical (unpaired) electrons. The Kier molecular flexibility index (Phi) is 15.5. The predicted octanol–water partition coefficient (Wildman–Crippen LogP) is 2.68. The first-order valence-corrected chi connectivity index (χ1v) is 17.7. The molecule has 23 heteroatoms. The van der Waals surface area contributed by atoms with Crippen molar-refractivity contribution in [2.45, 2.75) is 21.6 Å². The van der Waals surface area contributed by atoms with Gasteiger partial charge in [0.15, 0.2) is 0 Å². The Morgan fingerprint density at radius 1 is 0.558 bits per heavy atom. The number of hydrogen-bond acceptors (Lipinski definition) is 14. The molecule has 0 saturated carbocycles. The van der Waals surface area contributed by atoms with Crippen LogP contribution in [0.3, 0.4) is 0 Å². The molecule has 282 valence electrons. The summed E-state index contributed by atoms with van der Waals surface area (Å²) in [5, 5.41) is 52.6. The second-order valence-electron chi connectivity index (χ2n) is 9.35. The third kappa shape index (κ3) is 13.7. The van der Waals surface area contributed by atoms with Gasteiger partial charge in [-0.2, -0.15) is 25.3 Å². The minimum Gasteiger partial charge on any atom is -0.507 e. The maximum Gasteiger partial charge on any atom is 0.339 e. The first-order chi connectivity index (χ1) is 23.8. The highest BCUT2D eigenvalue weighted by atomic mass is 32.2. The molecule has 0 heterocycles. The van der Waals surface area contributed by atoms with Crippen molar-refractivity contribution < 1.29 is 88.7 Å². The van der Waals surface area contributed by atoms with Gasteiger partial charge in [0.25, 0.3) is 30.4 Å². The van der Waals surface area contributed by atoms with Crippen molar-refractivity contribution in [1.82, 2.24) is 0 Å². The Bertz CT molecular complexity index is 2050. The van der Waals surface area contributed by atoms with Crippen molar-refractivity contribution in [3.05, 3.63) is 95.6 Å². The van der Waals surface area contributed by atoms with Gasteiger partial charge in [-0.3, -0.25) is 13.7 Å². The van der Waals surface area contributed by atoms with E-state index in [9.17, 15) is 39.6 Å². The predicted molar refractivity (Wildman–Crippen MR) is 177 cm³/mol. The number of nitrogens with two attached hydrogens (primary N) is 1. The average Bonchev–Trinajstić information content (AvgIpc) is 3.02. The van der Waals surface area contributed by atoms with E-state index in [1.54, 1.807) is 0 Å². The van der Waals surface area contributed by atoms with Crippen molar-refractivity contribution >= 4 is 53.9 Å². The molecule has 4 rings (SSSR count). The molecule has 0 amide bonds. The SMILES string of the molecule is CCOc1ccccc1N.O=C(O)c1cc(S(=O)(=O)O)ccc1O.O=C(O)c1cc(S(=O)(=O)O)ccc1O.O=C(O)c1cc(S(=O)(=O)O)ccc1O. The summed E-state index contributed by atoms with van der Waals surface area (Å²) in [5.74, 6) is -5.36. The van der Waals surface area contributed by atoms with Crippen LogP contribution in [0.1, 0.15) is 38.0 Å². The lowest BCUT2D eigenvalue weighted by Crippen LogP contribution is -2.02. The zero-order valence-electron chi connectivity index (χ0n) is 26.1. The van der Waals surface area contributed by atoms with Crippen LogP contribution in [0.4, 0.5) is 5.69 Å². The molecule has 20 nitrogen and oxygen atoms in total. The minimum atomic E-state index is -4.45. The van der Waals surface area contributed by atoms with Crippen LogP contribution in [0, 0.1) is 0 Å². The smallest absolute Gasteiger partial charge is 0.339 e. The van der Waals surface area contributed by atoms with E-state index in [1.807, 2.05) is 31.2 Å². The van der Waals surface area contributed by atoms with Crippen molar-refractivity contribution in [3.8, 4) is 23.0 Å². The summed E-state index contributed by atoms with van der Waals surface area (Å²) in [6.45, 7) is 2.60. The summed E-state index contributed by atoms with van der Waals surface area (Å²) >= 11 is 0. The molecule has 0 saturated heterocycles. The van der Waals surface area contributed by atoms with Crippen molar-refractivity contribution in [3.63, 3.8) is 0 Å². The van der Waals surface area contributed by atoms with Gasteiger partial charge in [0, 0.05) is 0 Å². The first-order valence-electron chi connectivity index (χ1n) is 13.4. The number of carboxylic acids is 3. The van der Waals surface area contributed by atoms with Crippen LogP contribution in [0.15, 0.2) is 93.5 Å². The Labute approximate surface area is 294 Å². The number of aromatic hydroxyl groups is 3. The van der Waals surface area contributed by atoms with Crippen LogP contribution in [0.5, 0.6) is 23.0 Å². The summed E-state index contributed by atoms with van der Waals surface area (Å²) in [5.41, 5.74) is 4.53. The van der Waals surface area contributed by atoms with Crippen LogP contribution in [-0.4, -0.2) is 94.1 Å². The fourth-order valence-corrected chi connectivity index (χ4v) is 4.83. The van der Waals surface area contributed by atoms with Crippen molar-refractivity contribution in [2.24, 2.45) is 0 Å². The van der Waals surface area contributed by atoms with Crippen LogP contribution in [0.25, 0.3) is 0 Å². The second kappa shape index (κ2) is 18.3. The van der Waals surface area contributed by atoms with Gasteiger partial charge < -0.3 is 41.1 Å². The summed E-state index contributed by atoms with van der Waals surface area (Å²) in [6.07, 6.45) is 0. The number of nitrogen functional groups attached to an aromatic ring is 1. The number of aromatic carboxylic acids is 3. The number of phenols is 3. The largest absolute Gasteiger partial charge is 0.507 e. The Balaban J connectivity index is 0.000000349. The summed E-state index contributed by atoms with van der Waals surface area (Å²) in [6, 6.07) is 14.8. The molecular formula is C29H29NO19S3. The van der Waals surface area contributed by atoms with Gasteiger partial charge >= 0.3 is 17.9 Å². The van der Waals surface area contributed by atoms with E-state index in [-0.39, 0.29) is 0 Å². The molecule has 0 fully saturated rings. The lowest BCUT2D eigenvalue weighted by atomic mass is 10.2. The number of carbonyl (C=O) groups is 3. The quantitative estimate of drug-likeness (QED) is 0.0905. The standard InChI is InChI=1S/C8H11NO.3C7H6O6S/c1-2-10-8-6-4-3-5-7(8)9;3*8-6-2-1-4(14(11,12)13)3-5(6)7(9)10/h3-6H,2,9H2,1H3;3*1-3,8H,(H,9,10)(H,11,12,13). The number of carboxylic acid groups (broad SMARTS) is 3. The number of hydrogen-bond donors (Lipinski definition) is 10. The first kappa shape index (κ1) is 44.0. The summed E-state index contributed by atoms with van der Waals surface area (Å²) in [4.78, 5) is 29.7. The number of rotatable bonds is 8. The van der Waals surface area contributed by atoms with E-state index < -0.39 is 96.9 Å². The van der Waals surface area contributed by atoms with Gasteiger partial charge in [0.05, 0.1) is 27.0 Å². The third-order valence-electron chi connectivity index (χ3n) is 5.71. The number of anilines is 1. The van der Waals surface area contributed by atoms with E-state index in [0.717, 1.165) is 42.1 Å². The van der Waals surface area contributed by atoms with Gasteiger partial charge in [0.2, 0.25) is 0 Å². The zero-order chi connectivity index (χ0) is 40.2. The Morgan fingerprint density at radius 3 is 1.08 bits per heavy atom. The molecule has 4 aromatic rings. The molecule has 0 atom stereocenters. The highest BCUT2D eigenvalue weighted by molar-refractivity contribution is 7.86. The monoisotopic (exact) mass is 791 g/mol. The zero-order valence-corrected chi connectivity index (χ0v) is 28.6. The van der Waals surface area contributed by atoms with Gasteiger partial charge in [-0.15, -0.1) is 0 Å². The summed E-state index contributed by atoms with van der Waals surface area (Å²) < 4.78 is 94.6. The lowest BCUT2D eigenvalue weighted by Gasteiger charge is -2.04. The topological polar surface area (TPSA) is 371 Å². The molecule has 0 spiro atoms. The van der Waals surface area contributed by atoms with E-state index in [1.165, 1.54) is 0 Å². The van der Waals surface area contributed by atoms with E-state index in [4.69, 9.17) is 54.8 Å². The number of benzene rings is 4. The molecule has 52 heavy (non-hydrogen) atoms. The van der Waals surface area contributed by atoms with Crippen molar-refractivity contribution in [2.75, 3.05) is 12.3 Å². The van der Waals surface area contributed by atoms with Crippen LogP contribution in [-0.2, 0) is 30.4 Å². The summed E-state index contributed by atoms with van der Waals surface area (Å²) in [7, 11) is -13.4. The molecular weight excluding hydrogens is 763 g/mol. The van der Waals surface area contributed by atoms with Crippen LogP contribution >= 0.6 is 0 Å². The normalized spacial score (nSPS) is 10.8. The molecule has 0 aliphatic heterocycles. The molecule has 0 aliphatic rings. The van der Waals surface area contributed by atoms with Crippen LogP contribution in [0.2, 0.25) is 0 Å². The van der Waals surface area contributed by atoms with E-state index in [2.05, 4.69) is 0 Å². The molecule has 0 aliphatic carbocycles. The molecule has 0 unspecified atom stereocenters. The molecule has 11 N–H and O–H groups in total. The number of ether oxygens (including phenoxy) is 1. The van der Waals surface area contributed by atoms with Gasteiger partial charge in [-0.1, -0.05) is 12.1 Å². The van der Waals surface area contributed by atoms with Gasteiger partial charge in [-0.25, -0.2) is 14.4 Å². The fraction of sp³-hybridized carbons (Fsp3) is 0.0690. The van der Waals surface area contributed by atoms with Crippen LogP contribution < -0.4 is 10.5 Å². The highest BCUT2D eigenvalue weighted by Crippen LogP contribution is 2.23. The minimum absolute atomic E-state index is 0.565. The maximum absolute atomic E-state index is 10.6. The molecule has 4 aromatic carbocycles. The van der Waals surface area contributed by atoms with Crippen molar-refractivity contribution in [1.29, 1.82) is 0 Å². The molecule has 0 bridgehead atoms. The fourth-order valence-electron chi connectivity index (χ4n) is 3.31. The van der Waals surface area contributed by atoms with E-state index >= 15 is 0 Å². The lowest BCUT2D eigenvalue weighted by molar-refractivity contribution is 0.0682. The third-order valence-corrected chi connectivity index (χ3v) is 8.26. The van der Waals surface area contributed by atoms with Gasteiger partial charge in [0.1, 0.15) is 39.7 Å². The number of para-hydroxylation sites is 2. The average molecular weight is 792 g/mol. The maximum atomic E-state index is 10.6. The Hall–Kier alpha value is -5.98. The van der Waals surface area contributed by atoms with E-state index in [0.29, 0.717) is 30.5 Å². The second-order valence-corrected chi connectivity index (χ2v) is 13.6.